The van der Waals surface area contributed by atoms with Crippen LogP contribution in [0.4, 0.5) is 5.69 Å². The van der Waals surface area contributed by atoms with Gasteiger partial charge in [-0.2, -0.15) is 4.31 Å². The van der Waals surface area contributed by atoms with Crippen molar-refractivity contribution < 1.29 is 16.8 Å². The molecule has 29 heavy (non-hydrogen) atoms. The zero-order valence-electron chi connectivity index (χ0n) is 16.5. The van der Waals surface area contributed by atoms with Crippen molar-refractivity contribution in [2.24, 2.45) is 0 Å². The zero-order valence-corrected chi connectivity index (χ0v) is 18.1. The first-order valence-corrected chi connectivity index (χ1v) is 12.9. The summed E-state index contributed by atoms with van der Waals surface area (Å²) in [5, 5.41) is 0. The highest BCUT2D eigenvalue weighted by Gasteiger charge is 2.36. The average molecular weight is 435 g/mol. The molecule has 6 nitrogen and oxygen atoms in total. The van der Waals surface area contributed by atoms with Crippen molar-refractivity contribution in [3.8, 4) is 0 Å². The van der Waals surface area contributed by atoms with E-state index in [0.29, 0.717) is 25.3 Å². The van der Waals surface area contributed by atoms with Gasteiger partial charge >= 0.3 is 0 Å². The highest BCUT2D eigenvalue weighted by atomic mass is 32.2. The number of sulfonamides is 2. The molecular formula is C21H26N2O4S2. The average Bonchev–Trinajstić information content (AvgIpc) is 2.89. The number of hydrogen-bond acceptors (Lipinski definition) is 4. The van der Waals surface area contributed by atoms with E-state index in [4.69, 9.17) is 0 Å². The second-order valence-corrected chi connectivity index (χ2v) is 11.6. The largest absolute Gasteiger partial charge is 0.265 e. The van der Waals surface area contributed by atoms with Crippen LogP contribution >= 0.6 is 0 Å². The summed E-state index contributed by atoms with van der Waals surface area (Å²) in [7, 11) is -7.26. The molecule has 0 saturated carbocycles. The molecule has 1 unspecified atom stereocenters. The van der Waals surface area contributed by atoms with Crippen LogP contribution in [0.15, 0.2) is 58.3 Å². The van der Waals surface area contributed by atoms with Gasteiger partial charge in [0.25, 0.3) is 10.0 Å². The Labute approximate surface area is 173 Å². The highest BCUT2D eigenvalue weighted by molar-refractivity contribution is 7.92. The van der Waals surface area contributed by atoms with Crippen molar-refractivity contribution in [2.75, 3.05) is 23.9 Å². The minimum Gasteiger partial charge on any atom is -0.265 e. The molecule has 2 aliphatic rings. The van der Waals surface area contributed by atoms with Crippen LogP contribution < -0.4 is 4.31 Å². The number of rotatable bonds is 4. The standard InChI is InChI=1S/C21H26N2O4S2/c1-17-16-23(29(26,27)18-9-5-4-6-10-18)21-12-11-19(15-20(17)21)28(24,25)22-13-7-2-3-8-14-22/h4-6,9-12,15,17H,2-3,7-8,13-14,16H2,1H3. The molecule has 0 amide bonds. The van der Waals surface area contributed by atoms with Crippen LogP contribution in [0, 0.1) is 0 Å². The van der Waals surface area contributed by atoms with Crippen molar-refractivity contribution in [1.29, 1.82) is 0 Å². The third-order valence-electron chi connectivity index (χ3n) is 5.77. The summed E-state index contributed by atoms with van der Waals surface area (Å²) in [4.78, 5) is 0.491. The Bertz CT molecular complexity index is 1090. The van der Waals surface area contributed by atoms with E-state index < -0.39 is 20.0 Å². The minimum absolute atomic E-state index is 0.0808. The van der Waals surface area contributed by atoms with Crippen LogP contribution in [0.25, 0.3) is 0 Å². The van der Waals surface area contributed by atoms with Gasteiger partial charge in [-0.15, -0.1) is 0 Å². The SMILES string of the molecule is CC1CN(S(=O)(=O)c2ccccc2)c2ccc(S(=O)(=O)N3CCCCCC3)cc21. The normalized spacial score (nSPS) is 21.0. The first kappa shape index (κ1) is 20.4. The minimum atomic E-state index is -3.69. The zero-order chi connectivity index (χ0) is 20.6. The summed E-state index contributed by atoms with van der Waals surface area (Å²) in [6.45, 7) is 3.33. The van der Waals surface area contributed by atoms with Gasteiger partial charge in [-0.3, -0.25) is 4.31 Å². The Kier molecular flexibility index (Phi) is 5.44. The van der Waals surface area contributed by atoms with Gasteiger partial charge in [0.15, 0.2) is 0 Å². The van der Waals surface area contributed by atoms with E-state index in [0.717, 1.165) is 31.2 Å². The molecule has 1 atom stereocenters. The number of benzene rings is 2. The van der Waals surface area contributed by atoms with Crippen LogP contribution in [0.3, 0.4) is 0 Å². The van der Waals surface area contributed by atoms with Crippen LogP contribution in [0.2, 0.25) is 0 Å². The maximum Gasteiger partial charge on any atom is 0.264 e. The Hall–Kier alpha value is -1.90. The van der Waals surface area contributed by atoms with Crippen LogP contribution in [-0.4, -0.2) is 40.8 Å². The molecule has 0 aromatic heterocycles. The van der Waals surface area contributed by atoms with Gasteiger partial charge in [0.05, 0.1) is 15.5 Å². The lowest BCUT2D eigenvalue weighted by molar-refractivity contribution is 0.423. The number of fused-ring (bicyclic) bond motifs is 1. The Morgan fingerprint density at radius 3 is 2.10 bits per heavy atom. The first-order chi connectivity index (χ1) is 13.8. The molecule has 8 heteroatoms. The second-order valence-electron chi connectivity index (χ2n) is 7.79. The van der Waals surface area contributed by atoms with Crippen molar-refractivity contribution in [3.05, 3.63) is 54.1 Å². The molecule has 0 radical (unpaired) electrons. The molecule has 0 spiro atoms. The van der Waals surface area contributed by atoms with Crippen molar-refractivity contribution in [2.45, 2.75) is 48.3 Å². The Morgan fingerprint density at radius 1 is 0.793 bits per heavy atom. The maximum atomic E-state index is 13.1. The molecule has 4 rings (SSSR count). The van der Waals surface area contributed by atoms with Gasteiger partial charge in [-0.25, -0.2) is 16.8 Å². The third kappa shape index (κ3) is 3.69. The topological polar surface area (TPSA) is 74.8 Å². The molecule has 0 bridgehead atoms. The predicted molar refractivity (Wildman–Crippen MR) is 113 cm³/mol. The fraction of sp³-hybridized carbons (Fsp3) is 0.429. The van der Waals surface area contributed by atoms with E-state index in [-0.39, 0.29) is 15.7 Å². The number of nitrogens with zero attached hydrogens (tertiary/aromatic N) is 2. The number of hydrogen-bond donors (Lipinski definition) is 0. The Morgan fingerprint density at radius 2 is 1.45 bits per heavy atom. The molecule has 156 valence electrons. The van der Waals surface area contributed by atoms with Gasteiger partial charge in [0.2, 0.25) is 10.0 Å². The predicted octanol–water partition coefficient (Wildman–Crippen LogP) is 3.56. The van der Waals surface area contributed by atoms with Gasteiger partial charge in [-0.1, -0.05) is 38.0 Å². The Balaban J connectivity index is 1.70. The highest BCUT2D eigenvalue weighted by Crippen LogP contribution is 2.41. The molecule has 0 aliphatic carbocycles. The molecular weight excluding hydrogens is 408 g/mol. The van der Waals surface area contributed by atoms with Gasteiger partial charge < -0.3 is 0 Å². The molecule has 2 aromatic rings. The quantitative estimate of drug-likeness (QED) is 0.737. The third-order valence-corrected chi connectivity index (χ3v) is 9.46. The molecule has 2 aliphatic heterocycles. The molecule has 0 N–H and O–H groups in total. The van der Waals surface area contributed by atoms with E-state index in [2.05, 4.69) is 0 Å². The monoisotopic (exact) mass is 434 g/mol. The summed E-state index contributed by atoms with van der Waals surface area (Å²) in [5.74, 6) is -0.0808. The number of anilines is 1. The van der Waals surface area contributed by atoms with Crippen LogP contribution in [-0.2, 0) is 20.0 Å². The van der Waals surface area contributed by atoms with Crippen molar-refractivity contribution in [3.63, 3.8) is 0 Å². The van der Waals surface area contributed by atoms with Crippen LogP contribution in [0.1, 0.15) is 44.1 Å². The summed E-state index contributed by atoms with van der Waals surface area (Å²) in [5.41, 5.74) is 1.33. The van der Waals surface area contributed by atoms with E-state index in [9.17, 15) is 16.8 Å². The van der Waals surface area contributed by atoms with Gasteiger partial charge in [0, 0.05) is 25.6 Å². The molecule has 2 heterocycles. The molecule has 1 saturated heterocycles. The summed E-state index contributed by atoms with van der Waals surface area (Å²) in [6.07, 6.45) is 3.87. The summed E-state index contributed by atoms with van der Waals surface area (Å²) in [6, 6.07) is 13.2. The maximum absolute atomic E-state index is 13.1. The van der Waals surface area contributed by atoms with Crippen LogP contribution in [0.5, 0.6) is 0 Å². The fourth-order valence-electron chi connectivity index (χ4n) is 4.14. The van der Waals surface area contributed by atoms with E-state index >= 15 is 0 Å². The summed E-state index contributed by atoms with van der Waals surface area (Å²) < 4.78 is 55.5. The van der Waals surface area contributed by atoms with Crippen molar-refractivity contribution >= 4 is 25.7 Å². The fourth-order valence-corrected chi connectivity index (χ4v) is 7.29. The lowest BCUT2D eigenvalue weighted by Crippen LogP contribution is -2.32. The second kappa shape index (κ2) is 7.74. The lowest BCUT2D eigenvalue weighted by atomic mass is 10.0. The molecule has 1 fully saturated rings. The lowest BCUT2D eigenvalue weighted by Gasteiger charge is -2.22. The van der Waals surface area contributed by atoms with Gasteiger partial charge in [-0.05, 0) is 48.7 Å². The summed E-state index contributed by atoms with van der Waals surface area (Å²) >= 11 is 0. The first-order valence-electron chi connectivity index (χ1n) is 10.0. The molecule has 2 aromatic carbocycles. The smallest absolute Gasteiger partial charge is 0.264 e. The van der Waals surface area contributed by atoms with E-state index in [1.807, 2.05) is 6.92 Å². The van der Waals surface area contributed by atoms with E-state index in [1.165, 1.54) is 4.31 Å². The van der Waals surface area contributed by atoms with Crippen molar-refractivity contribution in [1.82, 2.24) is 4.31 Å². The van der Waals surface area contributed by atoms with E-state index in [1.54, 1.807) is 52.8 Å². The van der Waals surface area contributed by atoms with Gasteiger partial charge in [0.1, 0.15) is 0 Å².